The lowest BCUT2D eigenvalue weighted by Gasteiger charge is -2.19. The predicted molar refractivity (Wildman–Crippen MR) is 122 cm³/mol. The molecular formula is C24H20FN5O3. The van der Waals surface area contributed by atoms with Crippen molar-refractivity contribution in [3.05, 3.63) is 118 Å². The minimum Gasteiger partial charge on any atom is -0.350 e. The Bertz CT molecular complexity index is 1310. The number of hydrogen-bond donors (Lipinski definition) is 2. The highest BCUT2D eigenvalue weighted by Crippen LogP contribution is 2.29. The molecular weight excluding hydrogens is 425 g/mol. The first kappa shape index (κ1) is 21.7. The van der Waals surface area contributed by atoms with Gasteiger partial charge in [-0.2, -0.15) is 0 Å². The third-order valence-electron chi connectivity index (χ3n) is 5.08. The molecule has 4 rings (SSSR count). The number of anilines is 2. The number of aromatic nitrogens is 2. The Hall–Kier alpha value is -4.53. The normalized spacial score (nSPS) is 11.6. The van der Waals surface area contributed by atoms with E-state index in [2.05, 4.69) is 15.6 Å². The molecule has 0 aliphatic carbocycles. The topological polar surface area (TPSA) is 102 Å². The van der Waals surface area contributed by atoms with Crippen LogP contribution in [0.3, 0.4) is 0 Å². The Labute approximate surface area is 188 Å². The summed E-state index contributed by atoms with van der Waals surface area (Å²) in [6, 6.07) is 18.3. The highest BCUT2D eigenvalue weighted by molar-refractivity contribution is 5.96. The average Bonchev–Trinajstić information content (AvgIpc) is 3.23. The van der Waals surface area contributed by atoms with Gasteiger partial charge in [0, 0.05) is 36.8 Å². The van der Waals surface area contributed by atoms with Crippen LogP contribution in [0.4, 0.5) is 21.5 Å². The number of aryl methyl sites for hydroxylation is 1. The maximum Gasteiger partial charge on any atom is 0.293 e. The van der Waals surface area contributed by atoms with Gasteiger partial charge < -0.3 is 15.2 Å². The van der Waals surface area contributed by atoms with Gasteiger partial charge in [-0.3, -0.25) is 14.9 Å². The molecule has 0 saturated heterocycles. The Balaban J connectivity index is 1.65. The fourth-order valence-corrected chi connectivity index (χ4v) is 3.46. The Morgan fingerprint density at radius 2 is 1.88 bits per heavy atom. The average molecular weight is 445 g/mol. The lowest BCUT2D eigenvalue weighted by Crippen LogP contribution is -2.31. The number of imidazole rings is 1. The van der Waals surface area contributed by atoms with Gasteiger partial charge in [0.1, 0.15) is 23.4 Å². The van der Waals surface area contributed by atoms with Crippen LogP contribution < -0.4 is 10.6 Å². The van der Waals surface area contributed by atoms with Crippen molar-refractivity contribution in [1.29, 1.82) is 0 Å². The van der Waals surface area contributed by atoms with E-state index in [1.807, 2.05) is 6.07 Å². The summed E-state index contributed by atoms with van der Waals surface area (Å²) in [5.74, 6) is -0.514. The molecule has 9 heteroatoms. The first-order valence-corrected chi connectivity index (χ1v) is 10.1. The van der Waals surface area contributed by atoms with Crippen LogP contribution in [0.1, 0.15) is 27.8 Å². The fraction of sp³-hybridized carbons (Fsp3) is 0.0833. The van der Waals surface area contributed by atoms with E-state index in [1.54, 1.807) is 60.4 Å². The SMILES string of the molecule is Cn1ccnc1C(NC(=O)c1ccc(Nc2ccccc2)c([N+](=O)[O-])c1)c1cccc(F)c1. The molecule has 33 heavy (non-hydrogen) atoms. The first-order valence-electron chi connectivity index (χ1n) is 10.1. The van der Waals surface area contributed by atoms with Crippen molar-refractivity contribution in [3.63, 3.8) is 0 Å². The summed E-state index contributed by atoms with van der Waals surface area (Å²) >= 11 is 0. The van der Waals surface area contributed by atoms with Crippen LogP contribution in [0.5, 0.6) is 0 Å². The number of nitro benzene ring substituents is 1. The van der Waals surface area contributed by atoms with Crippen molar-refractivity contribution >= 4 is 23.0 Å². The van der Waals surface area contributed by atoms with Crippen LogP contribution in [0.15, 0.2) is 85.2 Å². The molecule has 1 unspecified atom stereocenters. The smallest absolute Gasteiger partial charge is 0.293 e. The highest BCUT2D eigenvalue weighted by atomic mass is 19.1. The first-order chi connectivity index (χ1) is 15.9. The van der Waals surface area contributed by atoms with Crippen molar-refractivity contribution in [2.45, 2.75) is 6.04 Å². The number of nitrogens with one attached hydrogen (secondary N) is 2. The van der Waals surface area contributed by atoms with Crippen LogP contribution in [0.25, 0.3) is 0 Å². The summed E-state index contributed by atoms with van der Waals surface area (Å²) in [6.07, 6.45) is 3.28. The molecule has 0 fully saturated rings. The molecule has 3 aromatic carbocycles. The number of halogens is 1. The van der Waals surface area contributed by atoms with Gasteiger partial charge in [-0.15, -0.1) is 0 Å². The summed E-state index contributed by atoms with van der Waals surface area (Å²) in [4.78, 5) is 28.5. The monoisotopic (exact) mass is 445 g/mol. The molecule has 2 N–H and O–H groups in total. The van der Waals surface area contributed by atoms with Crippen molar-refractivity contribution in [2.24, 2.45) is 7.05 Å². The van der Waals surface area contributed by atoms with Gasteiger partial charge in [0.15, 0.2) is 0 Å². The minimum atomic E-state index is -0.755. The predicted octanol–water partition coefficient (Wildman–Crippen LogP) is 4.73. The third-order valence-corrected chi connectivity index (χ3v) is 5.08. The number of para-hydroxylation sites is 1. The van der Waals surface area contributed by atoms with Crippen molar-refractivity contribution in [3.8, 4) is 0 Å². The van der Waals surface area contributed by atoms with Gasteiger partial charge in [-0.05, 0) is 42.0 Å². The molecule has 8 nitrogen and oxygen atoms in total. The minimum absolute atomic E-state index is 0.0934. The van der Waals surface area contributed by atoms with E-state index in [1.165, 1.54) is 30.3 Å². The van der Waals surface area contributed by atoms with Crippen LogP contribution in [0, 0.1) is 15.9 Å². The highest BCUT2D eigenvalue weighted by Gasteiger charge is 2.24. The molecule has 1 aromatic heterocycles. The summed E-state index contributed by atoms with van der Waals surface area (Å²) < 4.78 is 15.6. The second kappa shape index (κ2) is 9.31. The van der Waals surface area contributed by atoms with Crippen LogP contribution in [-0.2, 0) is 7.05 Å². The lowest BCUT2D eigenvalue weighted by molar-refractivity contribution is -0.383. The molecule has 0 aliphatic rings. The van der Waals surface area contributed by atoms with Gasteiger partial charge in [-0.25, -0.2) is 9.37 Å². The molecule has 1 heterocycles. The largest absolute Gasteiger partial charge is 0.350 e. The van der Waals surface area contributed by atoms with Crippen LogP contribution in [0.2, 0.25) is 0 Å². The summed E-state index contributed by atoms with van der Waals surface area (Å²) in [5, 5.41) is 17.5. The Morgan fingerprint density at radius 3 is 2.55 bits per heavy atom. The molecule has 166 valence electrons. The van der Waals surface area contributed by atoms with Gasteiger partial charge in [0.2, 0.25) is 0 Å². The van der Waals surface area contributed by atoms with E-state index >= 15 is 0 Å². The number of amides is 1. The number of nitro groups is 1. The number of benzene rings is 3. The summed E-state index contributed by atoms with van der Waals surface area (Å²) in [5.41, 5.74) is 1.28. The molecule has 0 aliphatic heterocycles. The molecule has 0 radical (unpaired) electrons. The van der Waals surface area contributed by atoms with Crippen LogP contribution in [-0.4, -0.2) is 20.4 Å². The Kier molecular flexibility index (Phi) is 6.12. The van der Waals surface area contributed by atoms with E-state index < -0.39 is 22.7 Å². The zero-order valence-electron chi connectivity index (χ0n) is 17.6. The summed E-state index contributed by atoms with van der Waals surface area (Å²) in [7, 11) is 1.76. The second-order valence-corrected chi connectivity index (χ2v) is 7.34. The molecule has 4 aromatic rings. The number of hydrogen-bond acceptors (Lipinski definition) is 5. The summed E-state index contributed by atoms with van der Waals surface area (Å²) in [6.45, 7) is 0. The number of carbonyl (C=O) groups is 1. The fourth-order valence-electron chi connectivity index (χ4n) is 3.46. The quantitative estimate of drug-likeness (QED) is 0.316. The Morgan fingerprint density at radius 1 is 1.09 bits per heavy atom. The lowest BCUT2D eigenvalue weighted by atomic mass is 10.0. The van der Waals surface area contributed by atoms with E-state index in [-0.39, 0.29) is 16.9 Å². The molecule has 0 spiro atoms. The van der Waals surface area contributed by atoms with Gasteiger partial charge >= 0.3 is 0 Å². The molecule has 1 amide bonds. The molecule has 0 bridgehead atoms. The van der Waals surface area contributed by atoms with Crippen molar-refractivity contribution in [1.82, 2.24) is 14.9 Å². The zero-order chi connectivity index (χ0) is 23.4. The van der Waals surface area contributed by atoms with Crippen molar-refractivity contribution in [2.75, 3.05) is 5.32 Å². The molecule has 1 atom stereocenters. The van der Waals surface area contributed by atoms with E-state index in [4.69, 9.17) is 0 Å². The van der Waals surface area contributed by atoms with Gasteiger partial charge in [0.25, 0.3) is 11.6 Å². The maximum absolute atomic E-state index is 13.9. The van der Waals surface area contributed by atoms with E-state index in [0.717, 1.165) is 0 Å². The van der Waals surface area contributed by atoms with Gasteiger partial charge in [-0.1, -0.05) is 30.3 Å². The van der Waals surface area contributed by atoms with E-state index in [0.29, 0.717) is 17.1 Å². The third kappa shape index (κ3) is 4.87. The van der Waals surface area contributed by atoms with Crippen LogP contribution >= 0.6 is 0 Å². The van der Waals surface area contributed by atoms with Gasteiger partial charge in [0.05, 0.1) is 4.92 Å². The maximum atomic E-state index is 13.9. The van der Waals surface area contributed by atoms with E-state index in [9.17, 15) is 19.3 Å². The van der Waals surface area contributed by atoms with Crippen molar-refractivity contribution < 1.29 is 14.1 Å². The number of rotatable bonds is 7. The number of nitrogens with zero attached hydrogens (tertiary/aromatic N) is 3. The molecule has 0 saturated carbocycles. The second-order valence-electron chi connectivity index (χ2n) is 7.34. The number of carbonyl (C=O) groups excluding carboxylic acids is 1. The standard InChI is InChI=1S/C24H20FN5O3/c1-29-13-12-26-23(29)22(16-6-5-7-18(25)14-16)28-24(31)17-10-11-20(21(15-17)30(32)33)27-19-8-3-2-4-9-19/h2-15,22,27H,1H3,(H,28,31). The zero-order valence-corrected chi connectivity index (χ0v) is 17.6.